The average Bonchev–Trinajstić information content (AvgIpc) is 3.26. The molecule has 0 saturated carbocycles. The van der Waals surface area contributed by atoms with Gasteiger partial charge in [0.25, 0.3) is 0 Å². The monoisotopic (exact) mass is 345 g/mol. The Bertz CT molecular complexity index is 685. The van der Waals surface area contributed by atoms with Gasteiger partial charge in [-0.1, -0.05) is 60.7 Å². The molecule has 2 aromatic carbocycles. The summed E-state index contributed by atoms with van der Waals surface area (Å²) in [6.07, 6.45) is 0. The first-order chi connectivity index (χ1) is 11.5. The first-order valence-corrected chi connectivity index (χ1v) is 9.88. The standard InChI is InChI=1S/C19H24NO3P/c1-4-22-24(21,23-5-2)18(3)19(20-18,16-12-8-6-9-13-16)17-14-10-7-11-15-17/h6-15,20H,4-5H2,1-3H3. The van der Waals surface area contributed by atoms with Gasteiger partial charge in [0.05, 0.1) is 13.2 Å². The van der Waals surface area contributed by atoms with Gasteiger partial charge in [-0.15, -0.1) is 0 Å². The van der Waals surface area contributed by atoms with E-state index in [-0.39, 0.29) is 0 Å². The molecule has 1 saturated heterocycles. The first kappa shape index (κ1) is 17.4. The van der Waals surface area contributed by atoms with Gasteiger partial charge in [-0.2, -0.15) is 0 Å². The Kier molecular flexibility index (Phi) is 4.67. The number of rotatable bonds is 7. The molecule has 1 heterocycles. The summed E-state index contributed by atoms with van der Waals surface area (Å²) in [6.45, 7) is 6.29. The highest BCUT2D eigenvalue weighted by Gasteiger charge is 2.76. The Labute approximate surface area is 143 Å². The normalized spacial score (nSPS) is 22.3. The Hall–Kier alpha value is -1.45. The van der Waals surface area contributed by atoms with E-state index in [9.17, 15) is 4.57 Å². The molecule has 0 radical (unpaired) electrons. The molecule has 5 heteroatoms. The fraction of sp³-hybridized carbons (Fsp3) is 0.368. The fourth-order valence-electron chi connectivity index (χ4n) is 3.49. The number of hydrogen-bond acceptors (Lipinski definition) is 4. The highest BCUT2D eigenvalue weighted by molar-refractivity contribution is 7.56. The smallest absolute Gasteiger partial charge is 0.308 e. The molecule has 1 unspecified atom stereocenters. The van der Waals surface area contributed by atoms with Crippen molar-refractivity contribution in [3.63, 3.8) is 0 Å². The molecule has 1 atom stereocenters. The molecule has 24 heavy (non-hydrogen) atoms. The number of hydrogen-bond donors (Lipinski definition) is 1. The molecule has 2 aromatic rings. The largest absolute Gasteiger partial charge is 0.352 e. The molecule has 4 nitrogen and oxygen atoms in total. The molecule has 1 N–H and O–H groups in total. The Morgan fingerprint density at radius 2 is 1.29 bits per heavy atom. The maximum absolute atomic E-state index is 13.6. The van der Waals surface area contributed by atoms with Crippen molar-refractivity contribution in [1.82, 2.24) is 5.32 Å². The van der Waals surface area contributed by atoms with E-state index in [0.717, 1.165) is 11.1 Å². The summed E-state index contributed by atoms with van der Waals surface area (Å²) in [6, 6.07) is 20.1. The molecule has 128 valence electrons. The van der Waals surface area contributed by atoms with Crippen LogP contribution in [0.4, 0.5) is 0 Å². The second-order valence-electron chi connectivity index (χ2n) is 6.01. The van der Waals surface area contributed by atoms with Crippen LogP contribution in [-0.4, -0.2) is 18.5 Å². The zero-order valence-electron chi connectivity index (χ0n) is 14.4. The maximum Gasteiger partial charge on any atom is 0.352 e. The van der Waals surface area contributed by atoms with Crippen molar-refractivity contribution in [2.45, 2.75) is 31.6 Å². The summed E-state index contributed by atoms with van der Waals surface area (Å²) in [5.74, 6) is 0. The third-order valence-corrected chi connectivity index (χ3v) is 7.40. The molecule has 1 aliphatic heterocycles. The third kappa shape index (κ3) is 2.46. The topological polar surface area (TPSA) is 57.5 Å². The summed E-state index contributed by atoms with van der Waals surface area (Å²) in [7, 11) is -3.36. The van der Waals surface area contributed by atoms with Crippen molar-refractivity contribution in [2.75, 3.05) is 13.2 Å². The van der Waals surface area contributed by atoms with Crippen LogP contribution in [0, 0.1) is 0 Å². The van der Waals surface area contributed by atoms with Crippen LogP contribution >= 0.6 is 7.60 Å². The summed E-state index contributed by atoms with van der Waals surface area (Å²) >= 11 is 0. The van der Waals surface area contributed by atoms with Crippen LogP contribution in [0.3, 0.4) is 0 Å². The van der Waals surface area contributed by atoms with Gasteiger partial charge in [-0.05, 0) is 31.9 Å². The van der Waals surface area contributed by atoms with Crippen molar-refractivity contribution in [2.24, 2.45) is 0 Å². The van der Waals surface area contributed by atoms with Crippen molar-refractivity contribution in [1.29, 1.82) is 0 Å². The lowest BCUT2D eigenvalue weighted by molar-refractivity contribution is 0.208. The second kappa shape index (κ2) is 6.45. The van der Waals surface area contributed by atoms with Crippen LogP contribution in [0.25, 0.3) is 0 Å². The van der Waals surface area contributed by atoms with E-state index < -0.39 is 18.4 Å². The minimum Gasteiger partial charge on any atom is -0.308 e. The number of nitrogens with one attached hydrogen (secondary N) is 1. The van der Waals surface area contributed by atoms with Gasteiger partial charge in [-0.3, -0.25) is 9.88 Å². The van der Waals surface area contributed by atoms with Crippen molar-refractivity contribution < 1.29 is 13.6 Å². The van der Waals surface area contributed by atoms with E-state index in [1.807, 2.05) is 81.4 Å². The van der Waals surface area contributed by atoms with Gasteiger partial charge < -0.3 is 9.05 Å². The summed E-state index contributed by atoms with van der Waals surface area (Å²) in [4.78, 5) is 0. The minimum absolute atomic E-state index is 0.341. The maximum atomic E-state index is 13.6. The predicted octanol–water partition coefficient (Wildman–Crippen LogP) is 4.52. The van der Waals surface area contributed by atoms with Gasteiger partial charge in [0.15, 0.2) is 0 Å². The lowest BCUT2D eigenvalue weighted by atomic mass is 9.87. The molecular weight excluding hydrogens is 321 g/mol. The van der Waals surface area contributed by atoms with E-state index in [4.69, 9.17) is 9.05 Å². The average molecular weight is 345 g/mol. The van der Waals surface area contributed by atoms with Gasteiger partial charge in [-0.25, -0.2) is 0 Å². The van der Waals surface area contributed by atoms with Gasteiger partial charge in [0, 0.05) is 0 Å². The highest BCUT2D eigenvalue weighted by atomic mass is 31.2. The lowest BCUT2D eigenvalue weighted by Crippen LogP contribution is -2.25. The number of benzene rings is 2. The minimum atomic E-state index is -3.36. The Morgan fingerprint density at radius 1 is 0.875 bits per heavy atom. The molecule has 0 aliphatic carbocycles. The van der Waals surface area contributed by atoms with Crippen LogP contribution in [0.2, 0.25) is 0 Å². The van der Waals surface area contributed by atoms with Crippen molar-refractivity contribution in [3.8, 4) is 0 Å². The van der Waals surface area contributed by atoms with Crippen LogP contribution in [0.5, 0.6) is 0 Å². The Morgan fingerprint density at radius 3 is 1.67 bits per heavy atom. The van der Waals surface area contributed by atoms with E-state index >= 15 is 0 Å². The van der Waals surface area contributed by atoms with Crippen LogP contribution in [-0.2, 0) is 19.2 Å². The molecule has 0 bridgehead atoms. The van der Waals surface area contributed by atoms with E-state index in [2.05, 4.69) is 5.32 Å². The van der Waals surface area contributed by atoms with E-state index in [0.29, 0.717) is 13.2 Å². The van der Waals surface area contributed by atoms with Crippen LogP contribution < -0.4 is 5.32 Å². The van der Waals surface area contributed by atoms with E-state index in [1.54, 1.807) is 0 Å². The summed E-state index contributed by atoms with van der Waals surface area (Å²) in [5.41, 5.74) is 1.52. The fourth-order valence-corrected chi connectivity index (χ4v) is 5.74. The predicted molar refractivity (Wildman–Crippen MR) is 96.1 cm³/mol. The second-order valence-corrected chi connectivity index (χ2v) is 8.42. The third-order valence-electron chi connectivity index (χ3n) is 4.66. The molecule has 0 aromatic heterocycles. The molecule has 0 amide bonds. The molecule has 3 rings (SSSR count). The zero-order valence-corrected chi connectivity index (χ0v) is 15.3. The van der Waals surface area contributed by atoms with Gasteiger partial charge in [0.1, 0.15) is 10.8 Å². The Balaban J connectivity index is 2.15. The SMILES string of the molecule is CCOP(=O)(OCC)C1(C)NC1(c1ccccc1)c1ccccc1. The zero-order chi connectivity index (χ0) is 17.3. The van der Waals surface area contributed by atoms with Crippen LogP contribution in [0.15, 0.2) is 60.7 Å². The lowest BCUT2D eigenvalue weighted by Gasteiger charge is -2.27. The van der Waals surface area contributed by atoms with Gasteiger partial charge >= 0.3 is 7.60 Å². The highest BCUT2D eigenvalue weighted by Crippen LogP contribution is 2.74. The molecular formula is C19H24NO3P. The summed E-state index contributed by atoms with van der Waals surface area (Å²) in [5, 5.41) is 2.68. The van der Waals surface area contributed by atoms with Crippen molar-refractivity contribution >= 4 is 7.60 Å². The summed E-state index contributed by atoms with van der Waals surface area (Å²) < 4.78 is 24.9. The van der Waals surface area contributed by atoms with Crippen molar-refractivity contribution in [3.05, 3.63) is 71.8 Å². The molecule has 1 aliphatic rings. The quantitative estimate of drug-likeness (QED) is 0.592. The van der Waals surface area contributed by atoms with Crippen LogP contribution in [0.1, 0.15) is 31.9 Å². The molecule has 0 spiro atoms. The van der Waals surface area contributed by atoms with E-state index in [1.165, 1.54) is 0 Å². The first-order valence-electron chi connectivity index (χ1n) is 8.33. The van der Waals surface area contributed by atoms with Gasteiger partial charge in [0.2, 0.25) is 0 Å². The molecule has 1 fully saturated rings.